The number of aliphatic imine (C=N–C) groups is 1. The Morgan fingerprint density at radius 2 is 2.08 bits per heavy atom. The maximum absolute atomic E-state index is 11.7. The highest BCUT2D eigenvalue weighted by atomic mass is 16.2. The number of rotatable bonds is 5. The molecule has 1 aromatic carbocycles. The Morgan fingerprint density at radius 1 is 1.28 bits per heavy atom. The summed E-state index contributed by atoms with van der Waals surface area (Å²) in [5, 5.41) is 0. The van der Waals surface area contributed by atoms with Gasteiger partial charge in [-0.3, -0.25) is 4.79 Å². The number of carbonyl (C=O) groups excluding carboxylic acids is 1. The number of amides is 1. The van der Waals surface area contributed by atoms with Gasteiger partial charge in [0.05, 0.1) is 6.54 Å². The van der Waals surface area contributed by atoms with Crippen LogP contribution in [0.1, 0.15) is 30.4 Å². The number of benzene rings is 1. The molecule has 25 heavy (non-hydrogen) atoms. The predicted octanol–water partition coefficient (Wildman–Crippen LogP) is 2.40. The van der Waals surface area contributed by atoms with Crippen LogP contribution >= 0.6 is 0 Å². The maximum atomic E-state index is 11.7. The minimum Gasteiger partial charge on any atom is -0.357 e. The maximum Gasteiger partial charge on any atom is 0.236 e. The lowest BCUT2D eigenvalue weighted by atomic mass is 10.0. The fraction of sp³-hybridized carbons (Fsp3) is 0.400. The highest BCUT2D eigenvalue weighted by Gasteiger charge is 2.16. The van der Waals surface area contributed by atoms with Gasteiger partial charge in [-0.1, -0.05) is 24.3 Å². The van der Waals surface area contributed by atoms with E-state index in [-0.39, 0.29) is 12.5 Å². The van der Waals surface area contributed by atoms with Crippen molar-refractivity contribution in [1.82, 2.24) is 9.80 Å². The van der Waals surface area contributed by atoms with Gasteiger partial charge in [0, 0.05) is 32.9 Å². The zero-order chi connectivity index (χ0) is 17.6. The topological polar surface area (TPSA) is 61.9 Å². The van der Waals surface area contributed by atoms with E-state index in [2.05, 4.69) is 29.2 Å². The Balaban J connectivity index is 1.75. The second-order valence-corrected chi connectivity index (χ2v) is 6.55. The van der Waals surface area contributed by atoms with Crippen molar-refractivity contribution in [2.75, 3.05) is 26.7 Å². The third-order valence-electron chi connectivity index (χ3n) is 4.65. The Bertz CT molecular complexity index is 716. The van der Waals surface area contributed by atoms with Crippen LogP contribution in [0.5, 0.6) is 0 Å². The molecule has 5 heteroatoms. The van der Waals surface area contributed by atoms with Gasteiger partial charge in [0.1, 0.15) is 5.82 Å². The van der Waals surface area contributed by atoms with Crippen LogP contribution in [0.25, 0.3) is 5.57 Å². The third-order valence-corrected chi connectivity index (χ3v) is 4.65. The highest BCUT2D eigenvalue weighted by molar-refractivity contribution is 6.10. The number of nitrogens with zero attached hydrogens (tertiary/aromatic N) is 3. The molecular weight excluding hydrogens is 312 g/mol. The van der Waals surface area contributed by atoms with Crippen LogP contribution in [0.2, 0.25) is 0 Å². The summed E-state index contributed by atoms with van der Waals surface area (Å²) in [7, 11) is 1.78. The molecule has 3 rings (SSSR count). The summed E-state index contributed by atoms with van der Waals surface area (Å²) in [6.45, 7) is 2.82. The molecule has 2 heterocycles. The summed E-state index contributed by atoms with van der Waals surface area (Å²) in [6, 6.07) is 8.30. The largest absolute Gasteiger partial charge is 0.357 e. The smallest absolute Gasteiger partial charge is 0.236 e. The van der Waals surface area contributed by atoms with Crippen LogP contribution in [0, 0.1) is 0 Å². The number of hydrogen-bond acceptors (Lipinski definition) is 4. The molecule has 5 nitrogen and oxygen atoms in total. The normalized spacial score (nSPS) is 19.2. The molecule has 0 saturated carbocycles. The van der Waals surface area contributed by atoms with E-state index in [1.54, 1.807) is 11.9 Å². The summed E-state index contributed by atoms with van der Waals surface area (Å²) in [5.41, 5.74) is 8.80. The van der Waals surface area contributed by atoms with E-state index in [9.17, 15) is 4.79 Å². The standard InChI is InChI=1S/C20H26N4O/c1-23(20(25)13-21)15-16-6-4-8-17(12-16)18-7-2-3-9-19(22-14-18)24-10-5-11-24/h4,6-9,12,14H,2-3,5,10-11,13,15,21H2,1H3/b18-7?,19-9-,22-14?. The number of carbonyl (C=O) groups is 1. The fourth-order valence-corrected chi connectivity index (χ4v) is 3.01. The Morgan fingerprint density at radius 3 is 2.80 bits per heavy atom. The molecule has 0 unspecified atom stereocenters. The molecule has 0 aromatic heterocycles. The van der Waals surface area contributed by atoms with E-state index in [1.807, 2.05) is 18.3 Å². The van der Waals surface area contributed by atoms with Gasteiger partial charge in [-0.25, -0.2) is 4.99 Å². The summed E-state index contributed by atoms with van der Waals surface area (Å²) < 4.78 is 0. The van der Waals surface area contributed by atoms with Gasteiger partial charge in [0.15, 0.2) is 0 Å². The molecule has 1 fully saturated rings. The minimum absolute atomic E-state index is 0.0413. The third kappa shape index (κ3) is 4.37. The fourth-order valence-electron chi connectivity index (χ4n) is 3.01. The van der Waals surface area contributed by atoms with Crippen LogP contribution in [-0.2, 0) is 11.3 Å². The van der Waals surface area contributed by atoms with Crippen molar-refractivity contribution in [3.8, 4) is 0 Å². The van der Waals surface area contributed by atoms with E-state index in [1.165, 1.54) is 6.42 Å². The average Bonchev–Trinajstić information content (AvgIpc) is 2.55. The van der Waals surface area contributed by atoms with E-state index in [4.69, 9.17) is 10.7 Å². The molecule has 1 aromatic rings. The molecule has 2 aliphatic heterocycles. The van der Waals surface area contributed by atoms with E-state index >= 15 is 0 Å². The lowest BCUT2D eigenvalue weighted by molar-refractivity contribution is -0.128. The second-order valence-electron chi connectivity index (χ2n) is 6.55. The number of likely N-dealkylation sites (tertiary alicyclic amines) is 1. The van der Waals surface area contributed by atoms with Gasteiger partial charge in [0.25, 0.3) is 0 Å². The predicted molar refractivity (Wildman–Crippen MR) is 102 cm³/mol. The minimum atomic E-state index is -0.0542. The van der Waals surface area contributed by atoms with E-state index < -0.39 is 0 Å². The monoisotopic (exact) mass is 338 g/mol. The van der Waals surface area contributed by atoms with Crippen LogP contribution in [-0.4, -0.2) is 48.6 Å². The van der Waals surface area contributed by atoms with E-state index in [0.29, 0.717) is 6.54 Å². The van der Waals surface area contributed by atoms with Crippen molar-refractivity contribution in [2.45, 2.75) is 25.8 Å². The molecule has 0 radical (unpaired) electrons. The summed E-state index contributed by atoms with van der Waals surface area (Å²) in [4.78, 5) is 20.4. The summed E-state index contributed by atoms with van der Waals surface area (Å²) in [6.07, 6.45) is 9.71. The van der Waals surface area contributed by atoms with Gasteiger partial charge >= 0.3 is 0 Å². The first-order valence-corrected chi connectivity index (χ1v) is 8.90. The average molecular weight is 338 g/mol. The zero-order valence-electron chi connectivity index (χ0n) is 14.8. The quantitative estimate of drug-likeness (QED) is 0.897. The Hall–Kier alpha value is -2.40. The molecule has 1 saturated heterocycles. The number of hydrogen-bond donors (Lipinski definition) is 1. The second kappa shape index (κ2) is 8.12. The van der Waals surface area contributed by atoms with Crippen molar-refractivity contribution in [1.29, 1.82) is 0 Å². The van der Waals surface area contributed by atoms with Gasteiger partial charge in [-0.05, 0) is 48.1 Å². The first-order chi connectivity index (χ1) is 12.2. The Labute approximate surface area is 149 Å². The first kappa shape index (κ1) is 17.4. The van der Waals surface area contributed by atoms with Crippen molar-refractivity contribution in [2.24, 2.45) is 10.7 Å². The molecule has 2 N–H and O–H groups in total. The number of allylic oxidation sites excluding steroid dienone is 3. The van der Waals surface area contributed by atoms with Gasteiger partial charge in [0.2, 0.25) is 5.91 Å². The number of nitrogens with two attached hydrogens (primary N) is 1. The van der Waals surface area contributed by atoms with Crippen molar-refractivity contribution in [3.05, 3.63) is 53.4 Å². The molecule has 0 atom stereocenters. The summed E-state index contributed by atoms with van der Waals surface area (Å²) >= 11 is 0. The molecule has 1 amide bonds. The molecule has 0 aliphatic carbocycles. The lowest BCUT2D eigenvalue weighted by Crippen LogP contribution is -2.35. The highest BCUT2D eigenvalue weighted by Crippen LogP contribution is 2.22. The van der Waals surface area contributed by atoms with Crippen molar-refractivity contribution >= 4 is 17.7 Å². The van der Waals surface area contributed by atoms with Crippen LogP contribution < -0.4 is 5.73 Å². The zero-order valence-corrected chi connectivity index (χ0v) is 14.8. The molecule has 132 valence electrons. The molecule has 0 bridgehead atoms. The van der Waals surface area contributed by atoms with Crippen LogP contribution in [0.4, 0.5) is 0 Å². The number of likely N-dealkylation sites (N-methyl/N-ethyl adjacent to an activating group) is 1. The van der Waals surface area contributed by atoms with Crippen LogP contribution in [0.15, 0.2) is 47.2 Å². The van der Waals surface area contributed by atoms with E-state index in [0.717, 1.165) is 48.5 Å². The lowest BCUT2D eigenvalue weighted by Gasteiger charge is -2.33. The molecule has 0 spiro atoms. The van der Waals surface area contributed by atoms with Crippen molar-refractivity contribution in [3.63, 3.8) is 0 Å². The first-order valence-electron chi connectivity index (χ1n) is 8.90. The van der Waals surface area contributed by atoms with Gasteiger partial charge in [-0.15, -0.1) is 0 Å². The molecular formula is C20H26N4O. The van der Waals surface area contributed by atoms with Crippen LogP contribution in [0.3, 0.4) is 0 Å². The Kier molecular flexibility index (Phi) is 5.66. The van der Waals surface area contributed by atoms with Gasteiger partial charge < -0.3 is 15.5 Å². The SMILES string of the molecule is CN(Cc1cccc(C2=CCC/C=C(\N3CCC3)N=C2)c1)C(=O)CN. The molecule has 2 aliphatic rings. The van der Waals surface area contributed by atoms with Crippen molar-refractivity contribution < 1.29 is 4.79 Å². The van der Waals surface area contributed by atoms with Gasteiger partial charge in [-0.2, -0.15) is 0 Å². The summed E-state index contributed by atoms with van der Waals surface area (Å²) in [5.74, 6) is 1.04.